The van der Waals surface area contributed by atoms with Crippen molar-refractivity contribution in [3.05, 3.63) is 60.8 Å². The monoisotopic (exact) mass is 923 g/mol. The fraction of sp³-hybridized carbons (Fsp3) is 0.803. The third kappa shape index (κ3) is 54.2. The van der Waals surface area contributed by atoms with E-state index in [-0.39, 0.29) is 25.2 Å². The molecule has 66 heavy (non-hydrogen) atoms. The maximum Gasteiger partial charge on any atom is 0.306 e. The predicted molar refractivity (Wildman–Crippen MR) is 288 cm³/mol. The fourth-order valence-corrected chi connectivity index (χ4v) is 8.49. The van der Waals surface area contributed by atoms with Crippen LogP contribution in [0.5, 0.6) is 0 Å². The van der Waals surface area contributed by atoms with Crippen molar-refractivity contribution in [2.75, 3.05) is 13.2 Å². The summed E-state index contributed by atoms with van der Waals surface area (Å²) in [6.07, 6.45) is 76.3. The molecule has 0 aliphatic rings. The van der Waals surface area contributed by atoms with Crippen LogP contribution in [-0.2, 0) is 19.1 Å². The molecule has 0 aromatic heterocycles. The lowest BCUT2D eigenvalue weighted by molar-refractivity contribution is -0.161. The summed E-state index contributed by atoms with van der Waals surface area (Å²) in [5.74, 6) is -0.589. The first-order valence-corrected chi connectivity index (χ1v) is 28.8. The summed E-state index contributed by atoms with van der Waals surface area (Å²) in [5.41, 5.74) is 0. The molecule has 0 spiro atoms. The van der Waals surface area contributed by atoms with Crippen LogP contribution in [0.25, 0.3) is 0 Å². The topological polar surface area (TPSA) is 72.8 Å². The first-order chi connectivity index (χ1) is 32.6. The van der Waals surface area contributed by atoms with Crippen LogP contribution in [0.3, 0.4) is 0 Å². The molecule has 0 radical (unpaired) electrons. The Labute approximate surface area is 411 Å². The number of carbonyl (C=O) groups is 2. The average molecular weight is 924 g/mol. The molecule has 1 N–H and O–H groups in total. The summed E-state index contributed by atoms with van der Waals surface area (Å²) in [7, 11) is 0. The van der Waals surface area contributed by atoms with Crippen molar-refractivity contribution in [1.29, 1.82) is 0 Å². The van der Waals surface area contributed by atoms with Crippen LogP contribution in [-0.4, -0.2) is 36.4 Å². The maximum absolute atomic E-state index is 12.3. The van der Waals surface area contributed by atoms with Gasteiger partial charge < -0.3 is 14.6 Å². The Balaban J connectivity index is 3.44. The molecule has 0 rings (SSSR count). The smallest absolute Gasteiger partial charge is 0.306 e. The lowest BCUT2D eigenvalue weighted by Crippen LogP contribution is -2.28. The van der Waals surface area contributed by atoms with Gasteiger partial charge in [0.15, 0.2) is 6.10 Å². The van der Waals surface area contributed by atoms with E-state index < -0.39 is 6.10 Å². The van der Waals surface area contributed by atoms with Crippen LogP contribution >= 0.6 is 0 Å². The molecule has 0 heterocycles. The van der Waals surface area contributed by atoms with Crippen molar-refractivity contribution in [2.24, 2.45) is 0 Å². The average Bonchev–Trinajstić information content (AvgIpc) is 3.32. The highest BCUT2D eigenvalue weighted by Crippen LogP contribution is 2.17. The first-order valence-electron chi connectivity index (χ1n) is 28.8. The highest BCUT2D eigenvalue weighted by atomic mass is 16.6. The Morgan fingerprint density at radius 2 is 0.652 bits per heavy atom. The molecule has 5 heteroatoms. The van der Waals surface area contributed by atoms with Crippen molar-refractivity contribution in [1.82, 2.24) is 0 Å². The Kier molecular flexibility index (Phi) is 54.9. The summed E-state index contributed by atoms with van der Waals surface area (Å²) >= 11 is 0. The van der Waals surface area contributed by atoms with Gasteiger partial charge in [0.05, 0.1) is 6.61 Å². The van der Waals surface area contributed by atoms with E-state index in [2.05, 4.69) is 74.6 Å². The number of aliphatic hydroxyl groups is 1. The number of carbonyl (C=O) groups excluding carboxylic acids is 2. The third-order valence-corrected chi connectivity index (χ3v) is 12.8. The van der Waals surface area contributed by atoms with E-state index in [4.69, 9.17) is 9.47 Å². The van der Waals surface area contributed by atoms with Gasteiger partial charge in [-0.1, -0.05) is 267 Å². The second kappa shape index (κ2) is 56.9. The zero-order valence-corrected chi connectivity index (χ0v) is 44.0. The third-order valence-electron chi connectivity index (χ3n) is 12.8. The number of rotatable bonds is 53. The molecular formula is C61H110O5. The molecule has 1 unspecified atom stereocenters. The van der Waals surface area contributed by atoms with Gasteiger partial charge in [0.1, 0.15) is 6.61 Å². The van der Waals surface area contributed by atoms with Gasteiger partial charge in [-0.25, -0.2) is 0 Å². The van der Waals surface area contributed by atoms with Crippen molar-refractivity contribution in [2.45, 2.75) is 302 Å². The summed E-state index contributed by atoms with van der Waals surface area (Å²) in [5, 5.41) is 9.65. The lowest BCUT2D eigenvalue weighted by Gasteiger charge is -2.15. The fourth-order valence-electron chi connectivity index (χ4n) is 8.49. The summed E-state index contributed by atoms with van der Waals surface area (Å²) in [6, 6.07) is 0. The van der Waals surface area contributed by atoms with Gasteiger partial charge in [0.2, 0.25) is 0 Å². The van der Waals surface area contributed by atoms with Crippen LogP contribution in [0, 0.1) is 0 Å². The summed E-state index contributed by atoms with van der Waals surface area (Å²) < 4.78 is 10.7. The van der Waals surface area contributed by atoms with Crippen molar-refractivity contribution in [3.63, 3.8) is 0 Å². The van der Waals surface area contributed by atoms with E-state index in [1.54, 1.807) is 0 Å². The maximum atomic E-state index is 12.3. The standard InChI is InChI=1S/C61H110O5/c1-3-5-7-9-11-13-15-17-19-21-23-25-26-27-28-29-30-31-32-33-34-36-37-39-41-43-45-47-49-51-53-55-60(63)65-58-59(57-62)66-61(64)56-54-52-50-48-46-44-42-40-38-35-24-22-20-18-16-14-12-10-8-6-4-2/h6,8,12,14,18,20-21,23-24,35,59,62H,3-5,7,9-11,13,15-17,19,22,25-34,36-58H2,1-2H3/b8-6-,14-12-,20-18-,23-21-,35-24-. The minimum absolute atomic E-state index is 0.0680. The van der Waals surface area contributed by atoms with E-state index in [1.165, 1.54) is 199 Å². The van der Waals surface area contributed by atoms with E-state index in [0.29, 0.717) is 12.8 Å². The Morgan fingerprint density at radius 3 is 1.00 bits per heavy atom. The number of ether oxygens (including phenoxy) is 2. The molecule has 0 saturated heterocycles. The van der Waals surface area contributed by atoms with Crippen LogP contribution in [0.2, 0.25) is 0 Å². The van der Waals surface area contributed by atoms with E-state index in [9.17, 15) is 14.7 Å². The first kappa shape index (κ1) is 63.6. The van der Waals surface area contributed by atoms with Gasteiger partial charge in [0.25, 0.3) is 0 Å². The van der Waals surface area contributed by atoms with Gasteiger partial charge in [-0.15, -0.1) is 0 Å². The zero-order valence-electron chi connectivity index (χ0n) is 44.0. The molecular weight excluding hydrogens is 813 g/mol. The Bertz CT molecular complexity index is 1130. The van der Waals surface area contributed by atoms with Crippen LogP contribution in [0.1, 0.15) is 296 Å². The summed E-state index contributed by atoms with van der Waals surface area (Å²) in [6.45, 7) is 4.05. The number of aliphatic hydroxyl groups excluding tert-OH is 1. The van der Waals surface area contributed by atoms with Crippen LogP contribution in [0.4, 0.5) is 0 Å². The number of hydrogen-bond acceptors (Lipinski definition) is 5. The molecule has 1 atom stereocenters. The van der Waals surface area contributed by atoms with E-state index >= 15 is 0 Å². The second-order valence-corrected chi connectivity index (χ2v) is 19.3. The van der Waals surface area contributed by atoms with Gasteiger partial charge in [-0.05, 0) is 77.0 Å². The zero-order chi connectivity index (χ0) is 47.7. The molecule has 0 saturated carbocycles. The number of allylic oxidation sites excluding steroid dienone is 10. The van der Waals surface area contributed by atoms with E-state index in [1.807, 2.05) is 0 Å². The second-order valence-electron chi connectivity index (χ2n) is 19.3. The number of hydrogen-bond donors (Lipinski definition) is 1. The number of unbranched alkanes of at least 4 members (excludes halogenated alkanes) is 35. The molecule has 384 valence electrons. The van der Waals surface area contributed by atoms with Gasteiger partial charge in [-0.2, -0.15) is 0 Å². The SMILES string of the molecule is CC/C=C\C/C=C\C/C=C\C/C=C\CCCCCCCCCCC(=O)OC(CO)COC(=O)CCCCCCCCCCCCCCCCCCCCC/C=C\CCCCCCCCCC. The number of esters is 2. The van der Waals surface area contributed by atoms with Crippen molar-refractivity contribution < 1.29 is 24.2 Å². The Hall–Kier alpha value is -2.40. The summed E-state index contributed by atoms with van der Waals surface area (Å²) in [4.78, 5) is 24.5. The largest absolute Gasteiger partial charge is 0.462 e. The molecule has 0 aromatic carbocycles. The minimum atomic E-state index is -0.778. The highest BCUT2D eigenvalue weighted by molar-refractivity contribution is 5.70. The van der Waals surface area contributed by atoms with E-state index in [0.717, 1.165) is 70.6 Å². The molecule has 5 nitrogen and oxygen atoms in total. The van der Waals surface area contributed by atoms with Crippen LogP contribution < -0.4 is 0 Å². The highest BCUT2D eigenvalue weighted by Gasteiger charge is 2.16. The predicted octanol–water partition coefficient (Wildman–Crippen LogP) is 19.4. The molecule has 0 aliphatic heterocycles. The molecule has 0 bridgehead atoms. The molecule has 0 fully saturated rings. The van der Waals surface area contributed by atoms with Gasteiger partial charge >= 0.3 is 11.9 Å². The molecule has 0 aromatic rings. The van der Waals surface area contributed by atoms with Crippen LogP contribution in [0.15, 0.2) is 60.8 Å². The van der Waals surface area contributed by atoms with Crippen molar-refractivity contribution in [3.8, 4) is 0 Å². The minimum Gasteiger partial charge on any atom is -0.462 e. The molecule has 0 aliphatic carbocycles. The van der Waals surface area contributed by atoms with Gasteiger partial charge in [0, 0.05) is 12.8 Å². The normalized spacial score (nSPS) is 12.6. The quantitative estimate of drug-likeness (QED) is 0.0374. The lowest BCUT2D eigenvalue weighted by atomic mass is 10.0. The van der Waals surface area contributed by atoms with Gasteiger partial charge in [-0.3, -0.25) is 9.59 Å². The Morgan fingerprint density at radius 1 is 0.364 bits per heavy atom. The van der Waals surface area contributed by atoms with Crippen molar-refractivity contribution >= 4 is 11.9 Å². The molecule has 0 amide bonds.